The van der Waals surface area contributed by atoms with Gasteiger partial charge in [0.1, 0.15) is 23.1 Å². The Labute approximate surface area is 158 Å². The zero-order valence-corrected chi connectivity index (χ0v) is 15.6. The number of benzene rings is 2. The van der Waals surface area contributed by atoms with Crippen LogP contribution >= 0.6 is 0 Å². The number of nitrogens with zero attached hydrogens (tertiary/aromatic N) is 2. The number of carbonyl (C=O) groups is 1. The second-order valence-electron chi connectivity index (χ2n) is 6.01. The molecule has 1 aromatic heterocycles. The number of amides is 1. The molecule has 1 amide bonds. The van der Waals surface area contributed by atoms with Crippen molar-refractivity contribution in [3.63, 3.8) is 0 Å². The average molecular weight is 362 g/mol. The number of hydrogen-bond acceptors (Lipinski definition) is 5. The first-order valence-corrected chi connectivity index (χ1v) is 8.78. The molecule has 6 nitrogen and oxygen atoms in total. The van der Waals surface area contributed by atoms with Gasteiger partial charge in [0.25, 0.3) is 5.91 Å². The number of aromatic nitrogens is 2. The lowest BCUT2D eigenvalue weighted by Gasteiger charge is -2.13. The summed E-state index contributed by atoms with van der Waals surface area (Å²) < 4.78 is 5.62. The van der Waals surface area contributed by atoms with Crippen LogP contribution in [0.2, 0.25) is 0 Å². The fourth-order valence-electron chi connectivity index (χ4n) is 2.64. The molecule has 2 N–H and O–H groups in total. The van der Waals surface area contributed by atoms with Crippen molar-refractivity contribution in [2.75, 3.05) is 17.2 Å². The second kappa shape index (κ2) is 8.31. The van der Waals surface area contributed by atoms with Crippen LogP contribution in [-0.4, -0.2) is 22.5 Å². The minimum absolute atomic E-state index is 0.282. The van der Waals surface area contributed by atoms with Crippen LogP contribution in [0.5, 0.6) is 5.75 Å². The van der Waals surface area contributed by atoms with Gasteiger partial charge >= 0.3 is 0 Å². The Morgan fingerprint density at radius 2 is 1.70 bits per heavy atom. The maximum Gasteiger partial charge on any atom is 0.274 e. The molecule has 0 atom stereocenters. The summed E-state index contributed by atoms with van der Waals surface area (Å²) in [6.45, 7) is 6.19. The molecule has 1 heterocycles. The third-order valence-electron chi connectivity index (χ3n) is 3.91. The molecule has 0 unspecified atom stereocenters. The zero-order chi connectivity index (χ0) is 19.2. The third kappa shape index (κ3) is 4.61. The lowest BCUT2D eigenvalue weighted by atomic mass is 10.2. The van der Waals surface area contributed by atoms with Gasteiger partial charge in [-0.2, -0.15) is 0 Å². The van der Waals surface area contributed by atoms with Gasteiger partial charge in [0.2, 0.25) is 0 Å². The maximum absolute atomic E-state index is 12.6. The Hall–Kier alpha value is -3.41. The summed E-state index contributed by atoms with van der Waals surface area (Å²) in [5, 5.41) is 6.11. The largest absolute Gasteiger partial charge is 0.492 e. The van der Waals surface area contributed by atoms with E-state index in [4.69, 9.17) is 4.74 Å². The zero-order valence-electron chi connectivity index (χ0n) is 15.6. The Kier molecular flexibility index (Phi) is 5.66. The van der Waals surface area contributed by atoms with Crippen LogP contribution in [0.4, 0.5) is 17.2 Å². The number of aryl methyl sites for hydroxylation is 2. The molecule has 0 bridgehead atoms. The van der Waals surface area contributed by atoms with Crippen molar-refractivity contribution in [2.24, 2.45) is 0 Å². The fourth-order valence-corrected chi connectivity index (χ4v) is 2.64. The molecule has 0 spiro atoms. The van der Waals surface area contributed by atoms with E-state index in [9.17, 15) is 4.79 Å². The van der Waals surface area contributed by atoms with Crippen LogP contribution in [0.25, 0.3) is 0 Å². The van der Waals surface area contributed by atoms with Gasteiger partial charge in [0.15, 0.2) is 0 Å². The topological polar surface area (TPSA) is 76.1 Å². The number of rotatable bonds is 6. The molecule has 6 heteroatoms. The number of hydrogen-bond donors (Lipinski definition) is 2. The van der Waals surface area contributed by atoms with Crippen LogP contribution in [-0.2, 0) is 0 Å². The lowest BCUT2D eigenvalue weighted by Crippen LogP contribution is -2.16. The smallest absolute Gasteiger partial charge is 0.274 e. The molecule has 138 valence electrons. The summed E-state index contributed by atoms with van der Waals surface area (Å²) in [5.74, 6) is 1.48. The molecule has 0 saturated carbocycles. The monoisotopic (exact) mass is 362 g/mol. The first-order chi connectivity index (χ1) is 13.1. The molecule has 0 aliphatic rings. The summed E-state index contributed by atoms with van der Waals surface area (Å²) in [5.41, 5.74) is 2.82. The van der Waals surface area contributed by atoms with Crippen molar-refractivity contribution in [3.05, 3.63) is 71.7 Å². The van der Waals surface area contributed by atoms with Crippen LogP contribution in [0, 0.1) is 13.8 Å². The molecule has 0 aliphatic heterocycles. The summed E-state index contributed by atoms with van der Waals surface area (Å²) in [6.07, 6.45) is 0. The van der Waals surface area contributed by atoms with E-state index in [1.165, 1.54) is 0 Å². The maximum atomic E-state index is 12.6. The average Bonchev–Trinajstić information content (AvgIpc) is 2.65. The van der Waals surface area contributed by atoms with E-state index in [0.29, 0.717) is 23.9 Å². The van der Waals surface area contributed by atoms with Crippen molar-refractivity contribution in [1.29, 1.82) is 0 Å². The van der Waals surface area contributed by atoms with Gasteiger partial charge in [0.05, 0.1) is 12.3 Å². The minimum atomic E-state index is -0.282. The molecular weight excluding hydrogens is 340 g/mol. The highest BCUT2D eigenvalue weighted by atomic mass is 16.5. The number of nitrogens with one attached hydrogen (secondary N) is 2. The van der Waals surface area contributed by atoms with Crippen molar-refractivity contribution in [2.45, 2.75) is 20.8 Å². The fraction of sp³-hybridized carbons (Fsp3) is 0.190. The van der Waals surface area contributed by atoms with E-state index in [0.717, 1.165) is 22.7 Å². The van der Waals surface area contributed by atoms with Crippen LogP contribution in [0.3, 0.4) is 0 Å². The van der Waals surface area contributed by atoms with E-state index in [1.54, 1.807) is 13.0 Å². The van der Waals surface area contributed by atoms with Crippen molar-refractivity contribution in [3.8, 4) is 5.75 Å². The quantitative estimate of drug-likeness (QED) is 0.676. The predicted molar refractivity (Wildman–Crippen MR) is 107 cm³/mol. The van der Waals surface area contributed by atoms with Crippen LogP contribution in [0.15, 0.2) is 54.6 Å². The highest BCUT2D eigenvalue weighted by Gasteiger charge is 2.13. The van der Waals surface area contributed by atoms with E-state index in [2.05, 4.69) is 20.6 Å². The number of anilines is 3. The molecule has 3 rings (SSSR count). The minimum Gasteiger partial charge on any atom is -0.492 e. The van der Waals surface area contributed by atoms with E-state index < -0.39 is 0 Å². The lowest BCUT2D eigenvalue weighted by molar-refractivity contribution is 0.102. The molecule has 0 saturated heterocycles. The first-order valence-electron chi connectivity index (χ1n) is 8.78. The standard InChI is InChI=1S/C21H22N4O2/c1-4-27-19-12-8-7-11-17(19)24-20-13-18(22-15(3)23-20)21(26)25-16-10-6-5-9-14(16)2/h5-13H,4H2,1-3H3,(H,25,26)(H,22,23,24). The summed E-state index contributed by atoms with van der Waals surface area (Å²) in [7, 11) is 0. The second-order valence-corrected chi connectivity index (χ2v) is 6.01. The molecule has 2 aromatic carbocycles. The highest BCUT2D eigenvalue weighted by molar-refractivity contribution is 6.03. The molecule has 0 aliphatic carbocycles. The normalized spacial score (nSPS) is 10.3. The molecular formula is C21H22N4O2. The number of ether oxygens (including phenoxy) is 1. The third-order valence-corrected chi connectivity index (χ3v) is 3.91. The van der Waals surface area contributed by atoms with Gasteiger partial charge in [-0.25, -0.2) is 9.97 Å². The van der Waals surface area contributed by atoms with Gasteiger partial charge in [-0.15, -0.1) is 0 Å². The molecule has 0 fully saturated rings. The Balaban J connectivity index is 1.84. The number of carbonyl (C=O) groups excluding carboxylic acids is 1. The van der Waals surface area contributed by atoms with Crippen molar-refractivity contribution in [1.82, 2.24) is 9.97 Å². The van der Waals surface area contributed by atoms with Gasteiger partial charge < -0.3 is 15.4 Å². The van der Waals surface area contributed by atoms with Gasteiger partial charge in [-0.3, -0.25) is 4.79 Å². The van der Waals surface area contributed by atoms with Gasteiger partial charge in [0, 0.05) is 11.8 Å². The van der Waals surface area contributed by atoms with Gasteiger partial charge in [-0.1, -0.05) is 30.3 Å². The molecule has 3 aromatic rings. The van der Waals surface area contributed by atoms with Crippen molar-refractivity contribution >= 4 is 23.1 Å². The number of para-hydroxylation sites is 3. The highest BCUT2D eigenvalue weighted by Crippen LogP contribution is 2.27. The summed E-state index contributed by atoms with van der Waals surface area (Å²) in [6, 6.07) is 16.8. The van der Waals surface area contributed by atoms with Crippen LogP contribution < -0.4 is 15.4 Å². The Morgan fingerprint density at radius 3 is 2.44 bits per heavy atom. The van der Waals surface area contributed by atoms with E-state index in [-0.39, 0.29) is 5.91 Å². The first kappa shape index (κ1) is 18.4. The Morgan fingerprint density at radius 1 is 1.00 bits per heavy atom. The van der Waals surface area contributed by atoms with E-state index in [1.807, 2.05) is 62.4 Å². The summed E-state index contributed by atoms with van der Waals surface area (Å²) >= 11 is 0. The SMILES string of the molecule is CCOc1ccccc1Nc1cc(C(=O)Nc2ccccc2C)nc(C)n1. The Bertz CT molecular complexity index is 956. The van der Waals surface area contributed by atoms with Crippen LogP contribution in [0.1, 0.15) is 28.8 Å². The molecule has 27 heavy (non-hydrogen) atoms. The molecule has 0 radical (unpaired) electrons. The predicted octanol–water partition coefficient (Wildman–Crippen LogP) is 4.49. The van der Waals surface area contributed by atoms with Crippen molar-refractivity contribution < 1.29 is 9.53 Å². The van der Waals surface area contributed by atoms with E-state index >= 15 is 0 Å². The van der Waals surface area contributed by atoms with Gasteiger partial charge in [-0.05, 0) is 44.5 Å². The summed E-state index contributed by atoms with van der Waals surface area (Å²) in [4.78, 5) is 21.3.